The van der Waals surface area contributed by atoms with E-state index >= 15 is 0 Å². The average Bonchev–Trinajstić information content (AvgIpc) is 2.79. The smallest absolute Gasteiger partial charge is 0.233 e. The van der Waals surface area contributed by atoms with Crippen LogP contribution in [-0.2, 0) is 4.79 Å². The van der Waals surface area contributed by atoms with Gasteiger partial charge >= 0.3 is 0 Å². The number of nitrogens with two attached hydrogens (primary N) is 1. The molecule has 2 rings (SSSR count). The van der Waals surface area contributed by atoms with Crippen LogP contribution in [0, 0.1) is 22.7 Å². The topological polar surface area (TPSA) is 55.1 Å². The summed E-state index contributed by atoms with van der Waals surface area (Å²) in [5.41, 5.74) is 5.60. The molecule has 0 aromatic carbocycles. The van der Waals surface area contributed by atoms with Crippen molar-refractivity contribution < 1.29 is 4.79 Å². The van der Waals surface area contributed by atoms with Gasteiger partial charge in [0.05, 0.1) is 10.4 Å². The number of hydrogen-bond acceptors (Lipinski definition) is 2. The molecular weight excluding hydrogens is 280 g/mol. The Morgan fingerprint density at radius 3 is 2.33 bits per heavy atom. The molecule has 0 aromatic rings. The molecule has 0 radical (unpaired) electrons. The SMILES string of the molecule is CC(C)CC1(CNC(=O)C2(C(N)=S)CC(C)C2)CCCC1. The van der Waals surface area contributed by atoms with Crippen molar-refractivity contribution in [3.63, 3.8) is 0 Å². The van der Waals surface area contributed by atoms with E-state index in [9.17, 15) is 4.79 Å². The third-order valence-electron chi connectivity index (χ3n) is 5.43. The van der Waals surface area contributed by atoms with Crippen LogP contribution in [0.4, 0.5) is 0 Å². The highest BCUT2D eigenvalue weighted by Crippen LogP contribution is 2.47. The molecule has 4 heteroatoms. The first-order valence-corrected chi connectivity index (χ1v) is 8.79. The molecule has 0 unspecified atom stereocenters. The van der Waals surface area contributed by atoms with E-state index in [0.29, 0.717) is 22.2 Å². The van der Waals surface area contributed by atoms with Crippen LogP contribution in [0.3, 0.4) is 0 Å². The number of rotatable bonds is 6. The summed E-state index contributed by atoms with van der Waals surface area (Å²) < 4.78 is 0. The van der Waals surface area contributed by atoms with Crippen molar-refractivity contribution in [1.82, 2.24) is 5.32 Å². The largest absolute Gasteiger partial charge is 0.392 e. The molecule has 2 fully saturated rings. The first kappa shape index (κ1) is 16.7. The minimum atomic E-state index is -0.563. The van der Waals surface area contributed by atoms with Gasteiger partial charge in [-0.1, -0.05) is 45.8 Å². The molecule has 2 aliphatic carbocycles. The van der Waals surface area contributed by atoms with Gasteiger partial charge in [0.15, 0.2) is 0 Å². The van der Waals surface area contributed by atoms with E-state index in [1.807, 2.05) is 0 Å². The predicted octanol–water partition coefficient (Wildman–Crippen LogP) is 3.41. The van der Waals surface area contributed by atoms with Crippen LogP contribution in [0.15, 0.2) is 0 Å². The van der Waals surface area contributed by atoms with E-state index in [4.69, 9.17) is 18.0 Å². The number of carbonyl (C=O) groups excluding carboxylic acids is 1. The summed E-state index contributed by atoms with van der Waals surface area (Å²) in [5.74, 6) is 1.30. The van der Waals surface area contributed by atoms with Crippen LogP contribution in [-0.4, -0.2) is 17.4 Å². The van der Waals surface area contributed by atoms with Crippen LogP contribution in [0.1, 0.15) is 65.7 Å². The first-order valence-electron chi connectivity index (χ1n) is 8.38. The lowest BCUT2D eigenvalue weighted by molar-refractivity contribution is -0.133. The van der Waals surface area contributed by atoms with Crippen LogP contribution in [0.5, 0.6) is 0 Å². The molecule has 0 aliphatic heterocycles. The lowest BCUT2D eigenvalue weighted by Crippen LogP contribution is -2.57. The summed E-state index contributed by atoms with van der Waals surface area (Å²) in [5, 5.41) is 3.21. The Balaban J connectivity index is 1.97. The molecule has 2 aliphatic rings. The molecule has 21 heavy (non-hydrogen) atoms. The second-order valence-electron chi connectivity index (χ2n) is 7.95. The van der Waals surface area contributed by atoms with Gasteiger partial charge in [0, 0.05) is 6.54 Å². The minimum absolute atomic E-state index is 0.0723. The van der Waals surface area contributed by atoms with Crippen LogP contribution in [0.2, 0.25) is 0 Å². The molecule has 2 saturated carbocycles. The van der Waals surface area contributed by atoms with Gasteiger partial charge in [0.25, 0.3) is 0 Å². The van der Waals surface area contributed by atoms with E-state index in [0.717, 1.165) is 19.4 Å². The van der Waals surface area contributed by atoms with Crippen molar-refractivity contribution in [3.8, 4) is 0 Å². The molecule has 3 nitrogen and oxygen atoms in total. The Labute approximate surface area is 134 Å². The number of carbonyl (C=O) groups is 1. The van der Waals surface area contributed by atoms with Crippen molar-refractivity contribution in [2.75, 3.05) is 6.54 Å². The molecule has 0 bridgehead atoms. The van der Waals surface area contributed by atoms with Gasteiger partial charge in [-0.2, -0.15) is 0 Å². The predicted molar refractivity (Wildman–Crippen MR) is 91.0 cm³/mol. The molecule has 120 valence electrons. The van der Waals surface area contributed by atoms with Gasteiger partial charge in [0.2, 0.25) is 5.91 Å². The molecule has 3 N–H and O–H groups in total. The zero-order valence-corrected chi connectivity index (χ0v) is 14.5. The van der Waals surface area contributed by atoms with E-state index < -0.39 is 5.41 Å². The number of nitrogens with one attached hydrogen (secondary N) is 1. The average molecular weight is 311 g/mol. The first-order chi connectivity index (χ1) is 9.80. The van der Waals surface area contributed by atoms with Crippen molar-refractivity contribution in [2.45, 2.75) is 65.7 Å². The lowest BCUT2D eigenvalue weighted by Gasteiger charge is -2.44. The van der Waals surface area contributed by atoms with Gasteiger partial charge < -0.3 is 11.1 Å². The van der Waals surface area contributed by atoms with Crippen LogP contribution in [0.25, 0.3) is 0 Å². The molecular formula is C17H30N2OS. The maximum absolute atomic E-state index is 12.6. The molecule has 0 heterocycles. The summed E-state index contributed by atoms with van der Waals surface area (Å²) in [7, 11) is 0. The van der Waals surface area contributed by atoms with Gasteiger partial charge in [0.1, 0.15) is 0 Å². The zero-order valence-electron chi connectivity index (χ0n) is 13.7. The van der Waals surface area contributed by atoms with Crippen molar-refractivity contribution in [1.29, 1.82) is 0 Å². The summed E-state index contributed by atoms with van der Waals surface area (Å²) in [6, 6.07) is 0. The van der Waals surface area contributed by atoms with Crippen molar-refractivity contribution >= 4 is 23.1 Å². The maximum atomic E-state index is 12.6. The van der Waals surface area contributed by atoms with Gasteiger partial charge in [-0.25, -0.2) is 0 Å². The van der Waals surface area contributed by atoms with Gasteiger partial charge in [-0.05, 0) is 49.4 Å². The Morgan fingerprint density at radius 1 is 1.33 bits per heavy atom. The number of thiocarbonyl (C=S) groups is 1. The highest BCUT2D eigenvalue weighted by Gasteiger charge is 2.51. The van der Waals surface area contributed by atoms with E-state index in [2.05, 4.69) is 26.1 Å². The van der Waals surface area contributed by atoms with Crippen molar-refractivity contribution in [2.24, 2.45) is 28.4 Å². The van der Waals surface area contributed by atoms with Crippen LogP contribution < -0.4 is 11.1 Å². The fourth-order valence-electron chi connectivity index (χ4n) is 4.51. The maximum Gasteiger partial charge on any atom is 0.233 e. The Bertz CT molecular complexity index is 407. The number of hydrogen-bond donors (Lipinski definition) is 2. The second kappa shape index (κ2) is 6.23. The minimum Gasteiger partial charge on any atom is -0.392 e. The molecule has 0 atom stereocenters. The highest BCUT2D eigenvalue weighted by molar-refractivity contribution is 7.80. The Kier molecular flexibility index (Phi) is 4.96. The summed E-state index contributed by atoms with van der Waals surface area (Å²) >= 11 is 5.17. The van der Waals surface area contributed by atoms with Gasteiger partial charge in [-0.3, -0.25) is 4.79 Å². The van der Waals surface area contributed by atoms with E-state index in [-0.39, 0.29) is 5.91 Å². The number of amides is 1. The second-order valence-corrected chi connectivity index (χ2v) is 8.39. The van der Waals surface area contributed by atoms with Gasteiger partial charge in [-0.15, -0.1) is 0 Å². The lowest BCUT2D eigenvalue weighted by atomic mass is 9.62. The molecule has 0 spiro atoms. The zero-order chi connectivity index (χ0) is 15.7. The summed E-state index contributed by atoms with van der Waals surface area (Å²) in [6.07, 6.45) is 7.88. The normalized spacial score (nSPS) is 31.0. The monoisotopic (exact) mass is 310 g/mol. The standard InChI is InChI=1S/C17H30N2OS/c1-12(2)8-16(6-4-5-7-16)11-19-15(20)17(14(18)21)9-13(3)10-17/h12-13H,4-11H2,1-3H3,(H2,18,21)(H,19,20). The Hall–Kier alpha value is -0.640. The quantitative estimate of drug-likeness (QED) is 0.739. The summed E-state index contributed by atoms with van der Waals surface area (Å²) in [4.78, 5) is 13.0. The molecule has 0 saturated heterocycles. The third kappa shape index (κ3) is 3.41. The summed E-state index contributed by atoms with van der Waals surface area (Å²) in [6.45, 7) is 7.49. The fourth-order valence-corrected chi connectivity index (χ4v) is 4.77. The highest BCUT2D eigenvalue weighted by atomic mass is 32.1. The third-order valence-corrected chi connectivity index (χ3v) is 5.82. The van der Waals surface area contributed by atoms with Crippen LogP contribution >= 0.6 is 12.2 Å². The van der Waals surface area contributed by atoms with E-state index in [1.54, 1.807) is 0 Å². The Morgan fingerprint density at radius 2 is 1.90 bits per heavy atom. The van der Waals surface area contributed by atoms with E-state index in [1.165, 1.54) is 32.1 Å². The van der Waals surface area contributed by atoms with Crippen molar-refractivity contribution in [3.05, 3.63) is 0 Å². The fraction of sp³-hybridized carbons (Fsp3) is 0.882. The molecule has 0 aromatic heterocycles. The molecule has 1 amide bonds.